The Morgan fingerprint density at radius 2 is 1.46 bits per heavy atom. The van der Waals surface area contributed by atoms with Crippen molar-refractivity contribution in [1.82, 2.24) is 19.6 Å². The van der Waals surface area contributed by atoms with Crippen molar-refractivity contribution in [2.75, 3.05) is 63.4 Å². The molecule has 16 heteroatoms. The maximum absolute atomic E-state index is 14.2. The van der Waals surface area contributed by atoms with E-state index in [0.717, 1.165) is 56.1 Å². The molecule has 0 aromatic heterocycles. The van der Waals surface area contributed by atoms with Gasteiger partial charge in [0, 0.05) is 50.9 Å². The summed E-state index contributed by atoms with van der Waals surface area (Å²) in [6, 6.07) is 18.4. The van der Waals surface area contributed by atoms with E-state index in [2.05, 4.69) is 10.2 Å². The number of nitrogens with zero attached hydrogens (tertiary/aromatic N) is 4. The lowest BCUT2D eigenvalue weighted by Crippen LogP contribution is -2.52. The van der Waals surface area contributed by atoms with Crippen LogP contribution in [0.25, 0.3) is 0 Å². The van der Waals surface area contributed by atoms with Crippen molar-refractivity contribution < 1.29 is 41.8 Å². The molecule has 4 amide bonds. The number of amides is 4. The fourth-order valence-corrected chi connectivity index (χ4v) is 9.17. The second-order valence-corrected chi connectivity index (χ2v) is 16.3. The molecular weight excluding hydrogens is 789 g/mol. The molecule has 3 N–H and O–H groups in total. The first kappa shape index (κ1) is 42.1. The van der Waals surface area contributed by atoms with Gasteiger partial charge in [0.2, 0.25) is 0 Å². The van der Waals surface area contributed by atoms with E-state index in [-0.39, 0.29) is 54.7 Å². The standard InChI is InChI=1S/C43H50ClF3N6O6/c44-35-25-28(24-34(39(35)48)43(45,46)47)26-37(59-42(57)52-21-15-32(16-22-52)53-23-14-31-6-4-5-9-36(31)49-41(53)56)40(55)51-19-12-30(13-20-51)29-10-17-50(18-11-29)27-38(54)58-33-7-2-1-3-8-33/h1-9,24-25,29-30,32,37H,10-23,26-27,48H2,(H,49,56)/t37-/m1/s1. The third-order valence-corrected chi connectivity index (χ3v) is 12.5. The van der Waals surface area contributed by atoms with E-state index >= 15 is 0 Å². The molecule has 4 heterocycles. The molecule has 1 atom stereocenters. The van der Waals surface area contributed by atoms with E-state index in [0.29, 0.717) is 56.5 Å². The minimum absolute atomic E-state index is 0.0591. The molecule has 3 fully saturated rings. The number of benzene rings is 3. The Hall–Kier alpha value is -5.02. The number of carbonyl (C=O) groups is 4. The van der Waals surface area contributed by atoms with Crippen LogP contribution >= 0.6 is 11.6 Å². The Kier molecular flexibility index (Phi) is 13.2. The van der Waals surface area contributed by atoms with Gasteiger partial charge in [-0.05, 0) is 111 Å². The molecule has 0 radical (unpaired) electrons. The average molecular weight is 839 g/mol. The highest BCUT2D eigenvalue weighted by Crippen LogP contribution is 2.39. The van der Waals surface area contributed by atoms with Crippen molar-refractivity contribution in [1.29, 1.82) is 0 Å². The topological polar surface area (TPSA) is 138 Å². The average Bonchev–Trinajstić information content (AvgIpc) is 3.39. The van der Waals surface area contributed by atoms with Crippen LogP contribution in [0.1, 0.15) is 55.2 Å². The van der Waals surface area contributed by atoms with Gasteiger partial charge < -0.3 is 35.2 Å². The van der Waals surface area contributed by atoms with Crippen LogP contribution in [0, 0.1) is 11.8 Å². The fraction of sp³-hybridized carbons (Fsp3) is 0.488. The number of hydrogen-bond acceptors (Lipinski definition) is 8. The van der Waals surface area contributed by atoms with Crippen molar-refractivity contribution >= 4 is 47.0 Å². The first-order valence-electron chi connectivity index (χ1n) is 20.4. The Morgan fingerprint density at radius 1 is 0.831 bits per heavy atom. The van der Waals surface area contributed by atoms with E-state index in [4.69, 9.17) is 26.8 Å². The van der Waals surface area contributed by atoms with Crippen LogP contribution in [0.15, 0.2) is 66.7 Å². The third kappa shape index (κ3) is 10.4. The Balaban J connectivity index is 0.957. The monoisotopic (exact) mass is 838 g/mol. The number of rotatable bonds is 9. The van der Waals surface area contributed by atoms with Gasteiger partial charge in [-0.3, -0.25) is 14.5 Å². The summed E-state index contributed by atoms with van der Waals surface area (Å²) in [5, 5.41) is 2.68. The molecule has 7 rings (SSSR count). The smallest absolute Gasteiger partial charge is 0.418 e. The number of nitrogens with two attached hydrogens (primary N) is 1. The first-order valence-corrected chi connectivity index (χ1v) is 20.7. The Morgan fingerprint density at radius 3 is 2.14 bits per heavy atom. The quantitative estimate of drug-likeness (QED) is 0.132. The molecule has 4 aliphatic heterocycles. The maximum atomic E-state index is 14.2. The lowest BCUT2D eigenvalue weighted by atomic mass is 9.78. The zero-order chi connectivity index (χ0) is 41.7. The molecule has 59 heavy (non-hydrogen) atoms. The van der Waals surface area contributed by atoms with E-state index < -0.39 is 35.5 Å². The number of likely N-dealkylation sites (tertiary alicyclic amines) is 3. The number of ether oxygens (including phenoxy) is 2. The lowest BCUT2D eigenvalue weighted by molar-refractivity contribution is -0.142. The number of piperidine rings is 3. The highest BCUT2D eigenvalue weighted by molar-refractivity contribution is 6.33. The molecule has 0 bridgehead atoms. The first-order chi connectivity index (χ1) is 28.3. The summed E-state index contributed by atoms with van der Waals surface area (Å²) in [7, 11) is 0. The van der Waals surface area contributed by atoms with E-state index in [1.807, 2.05) is 42.5 Å². The van der Waals surface area contributed by atoms with Crippen LogP contribution in [-0.2, 0) is 33.3 Å². The van der Waals surface area contributed by atoms with Gasteiger partial charge in [0.15, 0.2) is 6.10 Å². The lowest BCUT2D eigenvalue weighted by Gasteiger charge is -2.41. The number of nitrogens with one attached hydrogen (secondary N) is 1. The molecule has 12 nitrogen and oxygen atoms in total. The number of alkyl halides is 3. The third-order valence-electron chi connectivity index (χ3n) is 12.2. The number of hydrogen-bond donors (Lipinski definition) is 2. The second kappa shape index (κ2) is 18.5. The number of carbonyl (C=O) groups excluding carboxylic acids is 4. The number of esters is 1. The molecule has 0 aliphatic carbocycles. The molecule has 3 saturated heterocycles. The van der Waals surface area contributed by atoms with Crippen LogP contribution in [0.4, 0.5) is 34.1 Å². The number of fused-ring (bicyclic) bond motifs is 1. The number of urea groups is 1. The number of para-hydroxylation sites is 2. The second-order valence-electron chi connectivity index (χ2n) is 15.9. The Labute approximate surface area is 346 Å². The highest BCUT2D eigenvalue weighted by atomic mass is 35.5. The molecule has 0 unspecified atom stereocenters. The van der Waals surface area contributed by atoms with Gasteiger partial charge >= 0.3 is 24.3 Å². The summed E-state index contributed by atoms with van der Waals surface area (Å²) in [6.07, 6.45) is -2.35. The van der Waals surface area contributed by atoms with Gasteiger partial charge in [-0.25, -0.2) is 9.59 Å². The summed E-state index contributed by atoms with van der Waals surface area (Å²) in [5.41, 5.74) is 5.84. The van der Waals surface area contributed by atoms with Crippen molar-refractivity contribution in [3.05, 3.63) is 88.4 Å². The van der Waals surface area contributed by atoms with Crippen molar-refractivity contribution in [2.45, 2.75) is 69.7 Å². The predicted molar refractivity (Wildman–Crippen MR) is 216 cm³/mol. The van der Waals surface area contributed by atoms with E-state index in [1.54, 1.807) is 21.9 Å². The molecule has 0 saturated carbocycles. The summed E-state index contributed by atoms with van der Waals surface area (Å²) in [6.45, 7) is 3.60. The summed E-state index contributed by atoms with van der Waals surface area (Å²) >= 11 is 6.15. The van der Waals surface area contributed by atoms with Crippen molar-refractivity contribution in [3.8, 4) is 5.75 Å². The largest absolute Gasteiger partial charge is 0.436 e. The van der Waals surface area contributed by atoms with E-state index in [9.17, 15) is 32.3 Å². The van der Waals surface area contributed by atoms with Gasteiger partial charge in [-0.1, -0.05) is 48.0 Å². The number of halogens is 4. The number of nitrogen functional groups attached to an aromatic ring is 1. The van der Waals surface area contributed by atoms with Crippen LogP contribution < -0.4 is 15.8 Å². The SMILES string of the molecule is Nc1c(Cl)cc(C[C@@H](OC(=O)N2CCC(N3CCc4ccccc4NC3=O)CC2)C(=O)N2CCC(C3CCN(CC(=O)Oc4ccccc4)CC3)CC2)cc1C(F)(F)F. The van der Waals surface area contributed by atoms with E-state index in [1.165, 1.54) is 11.0 Å². The minimum Gasteiger partial charge on any atom is -0.436 e. The van der Waals surface area contributed by atoms with Crippen LogP contribution in [0.5, 0.6) is 5.75 Å². The summed E-state index contributed by atoms with van der Waals surface area (Å²) in [5.74, 6) is 0.497. The molecule has 4 aliphatic rings. The van der Waals surface area contributed by atoms with Gasteiger partial charge in [-0.15, -0.1) is 0 Å². The van der Waals surface area contributed by atoms with Gasteiger partial charge in [0.25, 0.3) is 5.91 Å². The fourth-order valence-electron chi connectivity index (χ4n) is 8.93. The van der Waals surface area contributed by atoms with Gasteiger partial charge in [0.1, 0.15) is 5.75 Å². The highest BCUT2D eigenvalue weighted by Gasteiger charge is 2.39. The molecular formula is C43H50ClF3N6O6. The molecule has 3 aromatic carbocycles. The van der Waals surface area contributed by atoms with Gasteiger partial charge in [-0.2, -0.15) is 13.2 Å². The van der Waals surface area contributed by atoms with Crippen molar-refractivity contribution in [3.63, 3.8) is 0 Å². The normalized spacial score (nSPS) is 19.4. The predicted octanol–water partition coefficient (Wildman–Crippen LogP) is 7.10. The zero-order valence-corrected chi connectivity index (χ0v) is 33.6. The van der Waals surface area contributed by atoms with Gasteiger partial charge in [0.05, 0.1) is 22.8 Å². The molecule has 0 spiro atoms. The van der Waals surface area contributed by atoms with Crippen LogP contribution in [0.2, 0.25) is 5.02 Å². The van der Waals surface area contributed by atoms with Crippen molar-refractivity contribution in [2.24, 2.45) is 11.8 Å². The molecule has 3 aromatic rings. The summed E-state index contributed by atoms with van der Waals surface area (Å²) < 4.78 is 53.1. The van der Waals surface area contributed by atoms with Crippen LogP contribution in [0.3, 0.4) is 0 Å². The zero-order valence-electron chi connectivity index (χ0n) is 32.8. The maximum Gasteiger partial charge on any atom is 0.418 e. The summed E-state index contributed by atoms with van der Waals surface area (Å²) in [4.78, 5) is 60.5. The Bertz CT molecular complexity index is 1980. The van der Waals surface area contributed by atoms with Crippen LogP contribution in [-0.4, -0.2) is 108 Å². The minimum atomic E-state index is -4.79. The molecule has 316 valence electrons. The number of anilines is 2.